The number of nitrogens with one attached hydrogen (secondary N) is 1. The molecule has 1 aliphatic rings. The van der Waals surface area contributed by atoms with E-state index < -0.39 is 0 Å². The van der Waals surface area contributed by atoms with Gasteiger partial charge in [0, 0.05) is 43.6 Å². The Morgan fingerprint density at radius 2 is 2.11 bits per heavy atom. The molecule has 1 aromatic rings. The zero-order valence-electron chi connectivity index (χ0n) is 11.8. The Balaban J connectivity index is 2.16. The van der Waals surface area contributed by atoms with E-state index in [0.29, 0.717) is 6.04 Å². The topological polar surface area (TPSA) is 24.5 Å². The second-order valence-electron chi connectivity index (χ2n) is 5.01. The average molecular weight is 283 g/mol. The highest BCUT2D eigenvalue weighted by Gasteiger charge is 2.20. The molecule has 0 amide bonds. The number of hydrogen-bond donors (Lipinski definition) is 1. The van der Waals surface area contributed by atoms with Crippen LogP contribution >= 0.6 is 11.6 Å². The highest BCUT2D eigenvalue weighted by molar-refractivity contribution is 6.30. The first-order chi connectivity index (χ1) is 9.22. The van der Waals surface area contributed by atoms with Gasteiger partial charge in [-0.15, -0.1) is 0 Å². The molecule has 0 radical (unpaired) electrons. The Bertz CT molecular complexity index is 405. The predicted octanol–water partition coefficient (Wildman–Crippen LogP) is 3.06. The molecule has 0 unspecified atom stereocenters. The molecule has 1 saturated heterocycles. The van der Waals surface area contributed by atoms with Crippen molar-refractivity contribution in [3.05, 3.63) is 28.8 Å². The summed E-state index contributed by atoms with van der Waals surface area (Å²) in [4.78, 5) is 2.38. The molecule has 1 fully saturated rings. The van der Waals surface area contributed by atoms with E-state index in [4.69, 9.17) is 16.3 Å². The van der Waals surface area contributed by atoms with Gasteiger partial charge in [-0.1, -0.05) is 18.5 Å². The van der Waals surface area contributed by atoms with Gasteiger partial charge in [-0.25, -0.2) is 0 Å². The fourth-order valence-corrected chi connectivity index (χ4v) is 2.76. The van der Waals surface area contributed by atoms with Crippen molar-refractivity contribution in [2.75, 3.05) is 31.7 Å². The summed E-state index contributed by atoms with van der Waals surface area (Å²) in [6.07, 6.45) is 2.19. The number of nitrogens with zero attached hydrogens (tertiary/aromatic N) is 1. The molecule has 1 heterocycles. The van der Waals surface area contributed by atoms with Gasteiger partial charge in [-0.2, -0.15) is 0 Å². The Hall–Kier alpha value is -0.770. The molecule has 0 atom stereocenters. The van der Waals surface area contributed by atoms with Crippen LogP contribution in [0.2, 0.25) is 5.02 Å². The van der Waals surface area contributed by atoms with Crippen LogP contribution in [0.15, 0.2) is 18.2 Å². The third kappa shape index (κ3) is 3.85. The molecule has 0 aliphatic carbocycles. The normalized spacial score (nSPS) is 16.6. The molecule has 4 heteroatoms. The first kappa shape index (κ1) is 14.6. The Kier molecular flexibility index (Phi) is 5.49. The molecule has 106 valence electrons. The predicted molar refractivity (Wildman–Crippen MR) is 81.1 cm³/mol. The maximum absolute atomic E-state index is 6.12. The monoisotopic (exact) mass is 282 g/mol. The van der Waals surface area contributed by atoms with Crippen LogP contribution < -0.4 is 10.2 Å². The highest BCUT2D eigenvalue weighted by Crippen LogP contribution is 2.27. The molecule has 19 heavy (non-hydrogen) atoms. The number of hydrogen-bond acceptors (Lipinski definition) is 3. The number of halogens is 1. The minimum absolute atomic E-state index is 0.565. The molecule has 2 rings (SSSR count). The zero-order chi connectivity index (χ0) is 13.7. The van der Waals surface area contributed by atoms with Gasteiger partial charge in [-0.05, 0) is 43.1 Å². The lowest BCUT2D eigenvalue weighted by atomic mass is 10.0. The van der Waals surface area contributed by atoms with Crippen molar-refractivity contribution in [3.8, 4) is 0 Å². The molecule has 0 spiro atoms. The van der Waals surface area contributed by atoms with Crippen molar-refractivity contribution in [1.82, 2.24) is 5.32 Å². The Morgan fingerprint density at radius 1 is 1.37 bits per heavy atom. The minimum Gasteiger partial charge on any atom is -0.381 e. The third-order valence-corrected chi connectivity index (χ3v) is 3.96. The lowest BCUT2D eigenvalue weighted by Crippen LogP contribution is -2.37. The maximum atomic E-state index is 6.12. The first-order valence-corrected chi connectivity index (χ1v) is 7.40. The lowest BCUT2D eigenvalue weighted by molar-refractivity contribution is 0.0854. The van der Waals surface area contributed by atoms with Crippen LogP contribution in [0.1, 0.15) is 25.3 Å². The standard InChI is InChI=1S/C15H23ClN2O/c1-3-17-11-12-10-13(16)4-5-15(12)18(2)14-6-8-19-9-7-14/h4-5,10,14,17H,3,6-9,11H2,1-2H3. The molecule has 1 aliphatic heterocycles. The SMILES string of the molecule is CCNCc1cc(Cl)ccc1N(C)C1CCOCC1. The summed E-state index contributed by atoms with van der Waals surface area (Å²) < 4.78 is 5.44. The number of ether oxygens (including phenoxy) is 1. The second kappa shape index (κ2) is 7.13. The van der Waals surface area contributed by atoms with E-state index in [0.717, 1.165) is 44.2 Å². The van der Waals surface area contributed by atoms with Crippen LogP contribution in [0.5, 0.6) is 0 Å². The van der Waals surface area contributed by atoms with E-state index >= 15 is 0 Å². The van der Waals surface area contributed by atoms with Gasteiger partial charge in [0.1, 0.15) is 0 Å². The summed E-state index contributed by atoms with van der Waals surface area (Å²) in [5, 5.41) is 4.18. The minimum atomic E-state index is 0.565. The molecule has 0 bridgehead atoms. The summed E-state index contributed by atoms with van der Waals surface area (Å²) in [6, 6.07) is 6.73. The van der Waals surface area contributed by atoms with Gasteiger partial charge < -0.3 is 15.0 Å². The fourth-order valence-electron chi connectivity index (χ4n) is 2.57. The van der Waals surface area contributed by atoms with Crippen LogP contribution in [0, 0.1) is 0 Å². The van der Waals surface area contributed by atoms with Crippen molar-refractivity contribution >= 4 is 17.3 Å². The maximum Gasteiger partial charge on any atom is 0.0485 e. The third-order valence-electron chi connectivity index (χ3n) is 3.73. The van der Waals surface area contributed by atoms with Crippen molar-refractivity contribution < 1.29 is 4.74 Å². The molecule has 1 N–H and O–H groups in total. The molecular formula is C15H23ClN2O. The largest absolute Gasteiger partial charge is 0.381 e. The van der Waals surface area contributed by atoms with Crippen molar-refractivity contribution in [1.29, 1.82) is 0 Å². The first-order valence-electron chi connectivity index (χ1n) is 7.02. The van der Waals surface area contributed by atoms with E-state index in [1.807, 2.05) is 6.07 Å². The van der Waals surface area contributed by atoms with Gasteiger partial charge in [0.15, 0.2) is 0 Å². The molecule has 3 nitrogen and oxygen atoms in total. The van der Waals surface area contributed by atoms with Gasteiger partial charge in [0.2, 0.25) is 0 Å². The summed E-state index contributed by atoms with van der Waals surface area (Å²) in [5.74, 6) is 0. The van der Waals surface area contributed by atoms with E-state index in [1.54, 1.807) is 0 Å². The summed E-state index contributed by atoms with van der Waals surface area (Å²) >= 11 is 6.12. The van der Waals surface area contributed by atoms with Gasteiger partial charge in [0.25, 0.3) is 0 Å². The summed E-state index contributed by atoms with van der Waals surface area (Å²) in [6.45, 7) is 5.68. The van der Waals surface area contributed by atoms with Crippen molar-refractivity contribution in [2.24, 2.45) is 0 Å². The molecule has 0 aromatic heterocycles. The van der Waals surface area contributed by atoms with Crippen LogP contribution in [0.4, 0.5) is 5.69 Å². The van der Waals surface area contributed by atoms with Crippen molar-refractivity contribution in [3.63, 3.8) is 0 Å². The van der Waals surface area contributed by atoms with Gasteiger partial charge >= 0.3 is 0 Å². The highest BCUT2D eigenvalue weighted by atomic mass is 35.5. The van der Waals surface area contributed by atoms with Crippen LogP contribution in [0.3, 0.4) is 0 Å². The lowest BCUT2D eigenvalue weighted by Gasteiger charge is -2.34. The van der Waals surface area contributed by atoms with E-state index in [2.05, 4.69) is 36.3 Å². The van der Waals surface area contributed by atoms with Gasteiger partial charge in [0.05, 0.1) is 0 Å². The van der Waals surface area contributed by atoms with Crippen LogP contribution in [0.25, 0.3) is 0 Å². The van der Waals surface area contributed by atoms with E-state index in [-0.39, 0.29) is 0 Å². The fraction of sp³-hybridized carbons (Fsp3) is 0.600. The van der Waals surface area contributed by atoms with Crippen LogP contribution in [-0.4, -0.2) is 32.8 Å². The zero-order valence-corrected chi connectivity index (χ0v) is 12.5. The van der Waals surface area contributed by atoms with Crippen molar-refractivity contribution in [2.45, 2.75) is 32.4 Å². The quantitative estimate of drug-likeness (QED) is 0.898. The van der Waals surface area contributed by atoms with E-state index in [1.165, 1.54) is 11.3 Å². The number of benzene rings is 1. The van der Waals surface area contributed by atoms with Gasteiger partial charge in [-0.3, -0.25) is 0 Å². The number of anilines is 1. The molecule has 0 saturated carbocycles. The summed E-state index contributed by atoms with van der Waals surface area (Å²) in [7, 11) is 2.18. The van der Waals surface area contributed by atoms with E-state index in [9.17, 15) is 0 Å². The summed E-state index contributed by atoms with van der Waals surface area (Å²) in [5.41, 5.74) is 2.54. The Morgan fingerprint density at radius 3 is 2.79 bits per heavy atom. The molecular weight excluding hydrogens is 260 g/mol. The molecule has 1 aromatic carbocycles. The second-order valence-corrected chi connectivity index (χ2v) is 5.44. The smallest absolute Gasteiger partial charge is 0.0485 e. The number of rotatable bonds is 5. The Labute approximate surface area is 120 Å². The van der Waals surface area contributed by atoms with Crippen LogP contribution in [-0.2, 0) is 11.3 Å². The average Bonchev–Trinajstić information content (AvgIpc) is 2.45.